The summed E-state index contributed by atoms with van der Waals surface area (Å²) in [5.41, 5.74) is 4.08. The summed E-state index contributed by atoms with van der Waals surface area (Å²) in [5.74, 6) is -0.456. The van der Waals surface area contributed by atoms with Crippen LogP contribution in [-0.4, -0.2) is 37.5 Å². The molecular formula is C12H14N4O. The number of hydrazone groups is 1. The van der Waals surface area contributed by atoms with Gasteiger partial charge in [-0.15, -0.1) is 0 Å². The zero-order valence-corrected chi connectivity index (χ0v) is 9.79. The Kier molecular flexibility index (Phi) is 3.18. The monoisotopic (exact) mass is 230 g/mol. The summed E-state index contributed by atoms with van der Waals surface area (Å²) in [6.07, 6.45) is 3.31. The van der Waals surface area contributed by atoms with Crippen LogP contribution >= 0.6 is 0 Å². The van der Waals surface area contributed by atoms with Crippen LogP contribution in [0.2, 0.25) is 0 Å². The van der Waals surface area contributed by atoms with Gasteiger partial charge in [-0.3, -0.25) is 4.79 Å². The van der Waals surface area contributed by atoms with Crippen LogP contribution in [0.5, 0.6) is 0 Å². The van der Waals surface area contributed by atoms with Gasteiger partial charge in [-0.25, -0.2) is 10.4 Å². The van der Waals surface area contributed by atoms with Crippen molar-refractivity contribution >= 4 is 24.1 Å². The maximum absolute atomic E-state index is 11.6. The van der Waals surface area contributed by atoms with E-state index in [0.717, 1.165) is 11.3 Å². The van der Waals surface area contributed by atoms with E-state index in [0.29, 0.717) is 0 Å². The third-order valence-electron chi connectivity index (χ3n) is 2.38. The van der Waals surface area contributed by atoms with Crippen molar-refractivity contribution in [1.29, 1.82) is 0 Å². The highest BCUT2D eigenvalue weighted by atomic mass is 16.2. The van der Waals surface area contributed by atoms with Crippen LogP contribution < -0.4 is 5.43 Å². The normalized spacial score (nSPS) is 18.7. The molecule has 1 aromatic rings. The maximum atomic E-state index is 11.6. The van der Waals surface area contributed by atoms with Crippen molar-refractivity contribution in [3.05, 3.63) is 29.8 Å². The molecular weight excluding hydrogens is 216 g/mol. The zero-order valence-electron chi connectivity index (χ0n) is 9.79. The Morgan fingerprint density at radius 3 is 2.82 bits per heavy atom. The van der Waals surface area contributed by atoms with Gasteiger partial charge in [-0.1, -0.05) is 18.2 Å². The molecule has 2 rings (SSSR count). The second kappa shape index (κ2) is 4.78. The van der Waals surface area contributed by atoms with Gasteiger partial charge < -0.3 is 4.90 Å². The molecule has 1 aliphatic heterocycles. The number of aliphatic imine (C=N–C) groups is 1. The lowest BCUT2D eigenvalue weighted by molar-refractivity contribution is -0.120. The number of carbonyl (C=O) groups is 1. The number of rotatable bonds is 3. The Bertz CT molecular complexity index is 479. The van der Waals surface area contributed by atoms with E-state index in [1.165, 1.54) is 0 Å². The molecule has 0 radical (unpaired) electrons. The van der Waals surface area contributed by atoms with Crippen LogP contribution in [0.15, 0.2) is 34.4 Å². The van der Waals surface area contributed by atoms with Gasteiger partial charge in [0.25, 0.3) is 5.91 Å². The molecule has 0 spiro atoms. The zero-order chi connectivity index (χ0) is 12.3. The molecule has 1 aromatic carbocycles. The smallest absolute Gasteiger partial charge is 0.253 e. The predicted octanol–water partition coefficient (Wildman–Crippen LogP) is 1.11. The lowest BCUT2D eigenvalue weighted by Crippen LogP contribution is -2.18. The fourth-order valence-corrected chi connectivity index (χ4v) is 1.58. The Balaban J connectivity index is 2.33. The Morgan fingerprint density at radius 2 is 2.18 bits per heavy atom. The van der Waals surface area contributed by atoms with Crippen molar-refractivity contribution < 1.29 is 4.79 Å². The molecule has 0 saturated heterocycles. The highest BCUT2D eigenvalue weighted by Gasteiger charge is 2.24. The fourth-order valence-electron chi connectivity index (χ4n) is 1.58. The molecule has 0 unspecified atom stereocenters. The molecule has 0 aliphatic carbocycles. The summed E-state index contributed by atoms with van der Waals surface area (Å²) in [5, 5.41) is 3.77. The molecule has 5 heteroatoms. The van der Waals surface area contributed by atoms with Crippen LogP contribution in [0.4, 0.5) is 5.69 Å². The van der Waals surface area contributed by atoms with Gasteiger partial charge in [0.15, 0.2) is 0 Å². The van der Waals surface area contributed by atoms with E-state index in [4.69, 9.17) is 0 Å². The molecule has 0 bridgehead atoms. The first kappa shape index (κ1) is 11.3. The SMILES string of the molecule is CN(C)C=Nc1ccccc1[C@H]1C=NNC1=O. The van der Waals surface area contributed by atoms with E-state index in [2.05, 4.69) is 15.5 Å². The molecule has 1 atom stereocenters. The molecule has 1 aliphatic rings. The molecule has 88 valence electrons. The van der Waals surface area contributed by atoms with E-state index in [-0.39, 0.29) is 11.8 Å². The predicted molar refractivity (Wildman–Crippen MR) is 67.7 cm³/mol. The summed E-state index contributed by atoms with van der Waals surface area (Å²) in [6, 6.07) is 7.57. The van der Waals surface area contributed by atoms with Crippen molar-refractivity contribution in [2.24, 2.45) is 10.1 Å². The lowest BCUT2D eigenvalue weighted by Gasteiger charge is -2.09. The van der Waals surface area contributed by atoms with Crippen LogP contribution in [0.1, 0.15) is 11.5 Å². The number of amides is 1. The van der Waals surface area contributed by atoms with Crippen molar-refractivity contribution in [1.82, 2.24) is 10.3 Å². The van der Waals surface area contributed by atoms with E-state index in [9.17, 15) is 4.79 Å². The number of hydrogen-bond acceptors (Lipinski definition) is 3. The van der Waals surface area contributed by atoms with Crippen molar-refractivity contribution in [3.8, 4) is 0 Å². The van der Waals surface area contributed by atoms with Crippen molar-refractivity contribution in [2.45, 2.75) is 5.92 Å². The van der Waals surface area contributed by atoms with Gasteiger partial charge in [0, 0.05) is 20.3 Å². The minimum Gasteiger partial charge on any atom is -0.369 e. The minimum atomic E-state index is -0.342. The standard InChI is InChI=1S/C12H14N4O/c1-16(2)8-13-11-6-4-3-5-9(11)10-7-14-15-12(10)17/h3-8,10H,1-2H3,(H,15,17)/t10-/m1/s1. The maximum Gasteiger partial charge on any atom is 0.253 e. The topological polar surface area (TPSA) is 57.1 Å². The number of para-hydroxylation sites is 1. The quantitative estimate of drug-likeness (QED) is 0.624. The number of nitrogens with one attached hydrogen (secondary N) is 1. The first-order chi connectivity index (χ1) is 8.18. The molecule has 1 amide bonds. The molecule has 0 fully saturated rings. The van der Waals surface area contributed by atoms with Gasteiger partial charge in [0.05, 0.1) is 12.0 Å². The Labute approximate surface area is 99.8 Å². The first-order valence-corrected chi connectivity index (χ1v) is 5.31. The largest absolute Gasteiger partial charge is 0.369 e. The van der Waals surface area contributed by atoms with Crippen LogP contribution in [0.3, 0.4) is 0 Å². The van der Waals surface area contributed by atoms with Gasteiger partial charge in [-0.05, 0) is 11.6 Å². The number of nitrogens with zero attached hydrogens (tertiary/aromatic N) is 3. The highest BCUT2D eigenvalue weighted by Crippen LogP contribution is 2.27. The first-order valence-electron chi connectivity index (χ1n) is 5.31. The number of carbonyl (C=O) groups excluding carboxylic acids is 1. The van der Waals surface area contributed by atoms with E-state index in [1.54, 1.807) is 12.6 Å². The second-order valence-corrected chi connectivity index (χ2v) is 4.00. The molecule has 1 N–H and O–H groups in total. The Hall–Kier alpha value is -2.17. The lowest BCUT2D eigenvalue weighted by atomic mass is 9.98. The third kappa shape index (κ3) is 2.50. The summed E-state index contributed by atoms with van der Waals surface area (Å²) in [7, 11) is 3.80. The summed E-state index contributed by atoms with van der Waals surface area (Å²) < 4.78 is 0. The van der Waals surface area contributed by atoms with Crippen LogP contribution in [0.25, 0.3) is 0 Å². The van der Waals surface area contributed by atoms with Crippen molar-refractivity contribution in [2.75, 3.05) is 14.1 Å². The molecule has 5 nitrogen and oxygen atoms in total. The average Bonchev–Trinajstić information content (AvgIpc) is 2.73. The van der Waals surface area contributed by atoms with E-state index >= 15 is 0 Å². The summed E-state index contributed by atoms with van der Waals surface area (Å²) in [6.45, 7) is 0. The number of benzene rings is 1. The van der Waals surface area contributed by atoms with Crippen LogP contribution in [-0.2, 0) is 4.79 Å². The molecule has 0 saturated carbocycles. The summed E-state index contributed by atoms with van der Waals surface area (Å²) >= 11 is 0. The van der Waals surface area contributed by atoms with Gasteiger partial charge >= 0.3 is 0 Å². The molecule has 0 aromatic heterocycles. The van der Waals surface area contributed by atoms with Gasteiger partial charge in [0.2, 0.25) is 0 Å². The van der Waals surface area contributed by atoms with Crippen molar-refractivity contribution in [3.63, 3.8) is 0 Å². The average molecular weight is 230 g/mol. The third-order valence-corrected chi connectivity index (χ3v) is 2.38. The van der Waals surface area contributed by atoms with E-state index in [1.807, 2.05) is 43.3 Å². The molecule has 1 heterocycles. The molecule has 17 heavy (non-hydrogen) atoms. The minimum absolute atomic E-state index is 0.113. The number of hydrogen-bond donors (Lipinski definition) is 1. The fraction of sp³-hybridized carbons (Fsp3) is 0.250. The highest BCUT2D eigenvalue weighted by molar-refractivity contribution is 6.03. The van der Waals surface area contributed by atoms with Crippen LogP contribution in [0, 0.1) is 0 Å². The summed E-state index contributed by atoms with van der Waals surface area (Å²) in [4.78, 5) is 17.8. The van der Waals surface area contributed by atoms with E-state index < -0.39 is 0 Å². The van der Waals surface area contributed by atoms with Gasteiger partial charge in [0.1, 0.15) is 5.92 Å². The Morgan fingerprint density at radius 1 is 1.41 bits per heavy atom. The second-order valence-electron chi connectivity index (χ2n) is 4.00. The van der Waals surface area contributed by atoms with Gasteiger partial charge in [-0.2, -0.15) is 5.10 Å².